The average Bonchev–Trinajstić information content (AvgIpc) is 2.84. The molecule has 0 bridgehead atoms. The van der Waals surface area contributed by atoms with Crippen LogP contribution in [0, 0.1) is 0 Å². The maximum atomic E-state index is 11.9. The van der Waals surface area contributed by atoms with Gasteiger partial charge in [-0.25, -0.2) is 0 Å². The van der Waals surface area contributed by atoms with Crippen LogP contribution in [0.25, 0.3) is 11.4 Å². The summed E-state index contributed by atoms with van der Waals surface area (Å²) in [5, 5.41) is 13.3. The van der Waals surface area contributed by atoms with Gasteiger partial charge in [0.25, 0.3) is 0 Å². The second-order valence-electron chi connectivity index (χ2n) is 4.02. The molecule has 2 aromatic rings. The number of nitrogens with zero attached hydrogens (tertiary/aromatic N) is 4. The van der Waals surface area contributed by atoms with E-state index < -0.39 is 25.2 Å². The molecule has 0 saturated carbocycles. The van der Waals surface area contributed by atoms with Crippen LogP contribution in [0.2, 0.25) is 5.02 Å². The largest absolute Gasteiger partial charge is 0.405 e. The molecule has 1 N–H and O–H groups in total. The number of tetrazole rings is 1. The Morgan fingerprint density at radius 1 is 1.33 bits per heavy atom. The molecule has 1 aromatic heterocycles. The minimum absolute atomic E-state index is 0.184. The molecule has 0 saturated heterocycles. The van der Waals surface area contributed by atoms with E-state index in [2.05, 4.69) is 15.4 Å². The zero-order valence-corrected chi connectivity index (χ0v) is 11.2. The smallest absolute Gasteiger partial charge is 0.345 e. The standard InChI is InChI=1S/C11H9ClF3N5O/c12-8-4-2-1-3-7(8)10-17-19-20(18-10)5-9(21)16-6-11(13,14)15/h1-4H,5-6H2,(H,16,21). The molecule has 0 radical (unpaired) electrons. The summed E-state index contributed by atoms with van der Waals surface area (Å²) in [5.74, 6) is -0.681. The lowest BCUT2D eigenvalue weighted by molar-refractivity contribution is -0.139. The Bertz CT molecular complexity index is 643. The first kappa shape index (κ1) is 15.2. The van der Waals surface area contributed by atoms with Gasteiger partial charge in [0.15, 0.2) is 0 Å². The first-order chi connectivity index (χ1) is 9.85. The van der Waals surface area contributed by atoms with Gasteiger partial charge in [-0.1, -0.05) is 23.7 Å². The van der Waals surface area contributed by atoms with E-state index in [1.807, 2.05) is 0 Å². The summed E-state index contributed by atoms with van der Waals surface area (Å²) in [6.07, 6.45) is -4.46. The molecular formula is C11H9ClF3N5O. The van der Waals surface area contributed by atoms with Crippen LogP contribution < -0.4 is 5.32 Å². The predicted octanol–water partition coefficient (Wildman–Crippen LogP) is 1.67. The fourth-order valence-electron chi connectivity index (χ4n) is 1.44. The van der Waals surface area contributed by atoms with Gasteiger partial charge in [0.2, 0.25) is 11.7 Å². The second kappa shape index (κ2) is 6.08. The Hall–Kier alpha value is -2.16. The molecule has 0 unspecified atom stereocenters. The molecule has 21 heavy (non-hydrogen) atoms. The van der Waals surface area contributed by atoms with Crippen molar-refractivity contribution in [2.45, 2.75) is 12.7 Å². The van der Waals surface area contributed by atoms with Crippen molar-refractivity contribution in [1.29, 1.82) is 0 Å². The summed E-state index contributed by atoms with van der Waals surface area (Å²) in [6.45, 7) is -1.87. The van der Waals surface area contributed by atoms with Gasteiger partial charge in [0.05, 0.1) is 5.02 Å². The Labute approximate surface area is 121 Å². The van der Waals surface area contributed by atoms with Crippen molar-refractivity contribution < 1.29 is 18.0 Å². The molecule has 10 heteroatoms. The van der Waals surface area contributed by atoms with Crippen molar-refractivity contribution in [2.24, 2.45) is 0 Å². The van der Waals surface area contributed by atoms with Crippen molar-refractivity contribution >= 4 is 17.5 Å². The summed E-state index contributed by atoms with van der Waals surface area (Å²) in [4.78, 5) is 12.2. The summed E-state index contributed by atoms with van der Waals surface area (Å²) in [5.41, 5.74) is 0.515. The number of hydrogen-bond donors (Lipinski definition) is 1. The minimum atomic E-state index is -4.46. The van der Waals surface area contributed by atoms with Gasteiger partial charge in [0.1, 0.15) is 13.1 Å². The molecule has 0 aliphatic rings. The number of halogens is 4. The van der Waals surface area contributed by atoms with Crippen molar-refractivity contribution in [2.75, 3.05) is 6.54 Å². The van der Waals surface area contributed by atoms with Gasteiger partial charge in [0, 0.05) is 5.56 Å². The summed E-state index contributed by atoms with van der Waals surface area (Å²) in [6, 6.07) is 6.74. The van der Waals surface area contributed by atoms with Crippen LogP contribution in [0.1, 0.15) is 0 Å². The predicted molar refractivity (Wildman–Crippen MR) is 67.3 cm³/mol. The Morgan fingerprint density at radius 2 is 2.05 bits per heavy atom. The van der Waals surface area contributed by atoms with E-state index in [1.165, 1.54) is 0 Å². The molecule has 2 rings (SSSR count). The number of amides is 1. The number of carbonyl (C=O) groups excluding carboxylic acids is 1. The van der Waals surface area contributed by atoms with Crippen LogP contribution in [0.4, 0.5) is 13.2 Å². The lowest BCUT2D eigenvalue weighted by Gasteiger charge is -2.07. The highest BCUT2D eigenvalue weighted by Gasteiger charge is 2.27. The van der Waals surface area contributed by atoms with Gasteiger partial charge < -0.3 is 5.32 Å². The van der Waals surface area contributed by atoms with Crippen LogP contribution >= 0.6 is 11.6 Å². The molecular weight excluding hydrogens is 311 g/mol. The van der Waals surface area contributed by atoms with Gasteiger partial charge in [-0.15, -0.1) is 10.2 Å². The molecule has 1 heterocycles. The average molecular weight is 320 g/mol. The quantitative estimate of drug-likeness (QED) is 0.930. The van der Waals surface area contributed by atoms with Crippen molar-refractivity contribution in [3.63, 3.8) is 0 Å². The van der Waals surface area contributed by atoms with Crippen LogP contribution in [-0.4, -0.2) is 38.8 Å². The first-order valence-electron chi connectivity index (χ1n) is 5.71. The normalized spacial score (nSPS) is 11.4. The van der Waals surface area contributed by atoms with E-state index in [0.29, 0.717) is 10.6 Å². The van der Waals surface area contributed by atoms with Gasteiger partial charge in [-0.3, -0.25) is 4.79 Å². The third-order valence-electron chi connectivity index (χ3n) is 2.34. The summed E-state index contributed by atoms with van der Waals surface area (Å²) in [7, 11) is 0. The highest BCUT2D eigenvalue weighted by molar-refractivity contribution is 6.33. The van der Waals surface area contributed by atoms with E-state index in [-0.39, 0.29) is 5.82 Å². The SMILES string of the molecule is O=C(Cn1nnc(-c2ccccc2Cl)n1)NCC(F)(F)F. The molecule has 1 amide bonds. The van der Waals surface area contributed by atoms with E-state index in [4.69, 9.17) is 11.6 Å². The molecule has 6 nitrogen and oxygen atoms in total. The molecule has 0 fully saturated rings. The Kier molecular flexibility index (Phi) is 4.41. The zero-order chi connectivity index (χ0) is 15.5. The maximum absolute atomic E-state index is 11.9. The third-order valence-corrected chi connectivity index (χ3v) is 2.67. The number of nitrogens with one attached hydrogen (secondary N) is 1. The van der Waals surface area contributed by atoms with Crippen molar-refractivity contribution in [1.82, 2.24) is 25.5 Å². The molecule has 112 valence electrons. The number of aromatic nitrogens is 4. The van der Waals surface area contributed by atoms with Crippen LogP contribution in [0.5, 0.6) is 0 Å². The summed E-state index contributed by atoms with van der Waals surface area (Å²) < 4.78 is 35.8. The number of benzene rings is 1. The number of rotatable bonds is 4. The van der Waals surface area contributed by atoms with E-state index >= 15 is 0 Å². The first-order valence-corrected chi connectivity index (χ1v) is 6.09. The molecule has 0 aliphatic carbocycles. The third kappa shape index (κ3) is 4.42. The van der Waals surface area contributed by atoms with Gasteiger partial charge in [-0.2, -0.15) is 18.0 Å². The van der Waals surface area contributed by atoms with Crippen LogP contribution in [0.3, 0.4) is 0 Å². The number of hydrogen-bond acceptors (Lipinski definition) is 4. The molecule has 0 aliphatic heterocycles. The highest BCUT2D eigenvalue weighted by Crippen LogP contribution is 2.23. The monoisotopic (exact) mass is 319 g/mol. The van der Waals surface area contributed by atoms with Crippen molar-refractivity contribution in [3.8, 4) is 11.4 Å². The number of alkyl halides is 3. The second-order valence-corrected chi connectivity index (χ2v) is 4.42. The molecule has 0 atom stereocenters. The van der Waals surface area contributed by atoms with E-state index in [0.717, 1.165) is 4.80 Å². The summed E-state index contributed by atoms with van der Waals surface area (Å²) >= 11 is 5.95. The number of carbonyl (C=O) groups is 1. The van der Waals surface area contributed by atoms with Gasteiger partial charge >= 0.3 is 6.18 Å². The zero-order valence-electron chi connectivity index (χ0n) is 10.4. The van der Waals surface area contributed by atoms with Crippen LogP contribution in [-0.2, 0) is 11.3 Å². The fraction of sp³-hybridized carbons (Fsp3) is 0.273. The fourth-order valence-corrected chi connectivity index (χ4v) is 1.66. The molecule has 0 spiro atoms. The Balaban J connectivity index is 2.01. The molecule has 1 aromatic carbocycles. The topological polar surface area (TPSA) is 72.7 Å². The maximum Gasteiger partial charge on any atom is 0.405 e. The van der Waals surface area contributed by atoms with E-state index in [1.54, 1.807) is 29.6 Å². The Morgan fingerprint density at radius 3 is 2.71 bits per heavy atom. The lowest BCUT2D eigenvalue weighted by atomic mass is 10.2. The van der Waals surface area contributed by atoms with Crippen LogP contribution in [0.15, 0.2) is 24.3 Å². The van der Waals surface area contributed by atoms with Crippen molar-refractivity contribution in [3.05, 3.63) is 29.3 Å². The lowest BCUT2D eigenvalue weighted by Crippen LogP contribution is -2.36. The minimum Gasteiger partial charge on any atom is -0.345 e. The highest BCUT2D eigenvalue weighted by atomic mass is 35.5. The van der Waals surface area contributed by atoms with Gasteiger partial charge in [-0.05, 0) is 17.3 Å². The van der Waals surface area contributed by atoms with E-state index in [9.17, 15) is 18.0 Å².